The third-order valence-electron chi connectivity index (χ3n) is 13.4. The maximum Gasteiger partial charge on any atom is 0.220 e. The van der Waals surface area contributed by atoms with E-state index in [4.69, 9.17) is 9.97 Å². The third kappa shape index (κ3) is 4.40. The number of aromatic nitrogens is 8. The van der Waals surface area contributed by atoms with Crippen molar-refractivity contribution in [1.82, 2.24) is 37.0 Å². The summed E-state index contributed by atoms with van der Waals surface area (Å²) in [5.41, 5.74) is 17.4. The van der Waals surface area contributed by atoms with Crippen molar-refractivity contribution < 1.29 is 0 Å². The third-order valence-corrected chi connectivity index (χ3v) is 13.4. The molecule has 0 spiro atoms. The fourth-order valence-corrected chi connectivity index (χ4v) is 10.7. The Bertz CT molecular complexity index is 4400. The number of rotatable bonds is 4. The van der Waals surface area contributed by atoms with E-state index < -0.39 is 0 Å². The first-order valence-electron chi connectivity index (χ1n) is 21.7. The van der Waals surface area contributed by atoms with Crippen molar-refractivity contribution in [1.29, 1.82) is 0 Å². The van der Waals surface area contributed by atoms with Crippen LogP contribution in [0.3, 0.4) is 0 Å². The first-order chi connectivity index (χ1) is 31.8. The van der Waals surface area contributed by atoms with E-state index in [1.165, 1.54) is 32.6 Å². The van der Waals surface area contributed by atoms with Gasteiger partial charge in [-0.15, -0.1) is 0 Å². The van der Waals surface area contributed by atoms with E-state index in [0.717, 1.165) is 89.5 Å². The minimum atomic E-state index is 0.885. The zero-order valence-electron chi connectivity index (χ0n) is 34.2. The summed E-state index contributed by atoms with van der Waals surface area (Å²) in [5, 5.41) is 4.83. The van der Waals surface area contributed by atoms with Crippen LogP contribution in [0.25, 0.3) is 122 Å². The summed E-state index contributed by atoms with van der Waals surface area (Å²) in [7, 11) is 0. The molecule has 6 heterocycles. The minimum Gasteiger partial charge on any atom is -0.309 e. The molecule has 0 aliphatic carbocycles. The largest absolute Gasteiger partial charge is 0.309 e. The molecule has 0 N–H and O–H groups in total. The van der Waals surface area contributed by atoms with Gasteiger partial charge >= 0.3 is 0 Å². The topological polar surface area (TPSA) is 54.3 Å². The molecule has 0 atom stereocenters. The van der Waals surface area contributed by atoms with Gasteiger partial charge in [0.25, 0.3) is 0 Å². The summed E-state index contributed by atoms with van der Waals surface area (Å²) in [4.78, 5) is 10.4. The lowest BCUT2D eigenvalue weighted by atomic mass is 10.1. The molecule has 9 aromatic carbocycles. The highest BCUT2D eigenvalue weighted by Crippen LogP contribution is 2.40. The Labute approximate surface area is 363 Å². The summed E-state index contributed by atoms with van der Waals surface area (Å²) < 4.78 is 14.0. The van der Waals surface area contributed by atoms with Gasteiger partial charge in [0, 0.05) is 32.9 Å². The molecule has 0 aliphatic heterocycles. The lowest BCUT2D eigenvalue weighted by Crippen LogP contribution is -2.00. The maximum absolute atomic E-state index is 5.23. The van der Waals surface area contributed by atoms with Gasteiger partial charge in [0.1, 0.15) is 0 Å². The number of hydrogen-bond acceptors (Lipinski definition) is 2. The standard InChI is InChI=1S/C56H34N8/c1-5-20-45-39(16-1)40-17-2-6-21-46(40)59(45)37-29-31-47-42(33-37)41-30-28-38(62-51-25-10-12-27-53(51)64-49-23-8-4-19-44(49)58-56(62)64)34-54(41)60(47)35-14-13-15-36(32-35)61-50-24-9-11-26-52(50)63-48-22-7-3-18-43(48)57-55(61)63/h1-34H. The molecular formula is C56H34N8. The van der Waals surface area contributed by atoms with Crippen LogP contribution in [0.2, 0.25) is 0 Å². The predicted molar refractivity (Wildman–Crippen MR) is 261 cm³/mol. The predicted octanol–water partition coefficient (Wildman–Crippen LogP) is 13.4. The minimum absolute atomic E-state index is 0.885. The number of para-hydroxylation sites is 10. The van der Waals surface area contributed by atoms with E-state index in [0.29, 0.717) is 0 Å². The van der Waals surface area contributed by atoms with Crippen LogP contribution in [0.1, 0.15) is 0 Å². The average Bonchev–Trinajstić information content (AvgIpc) is 4.18. The molecule has 64 heavy (non-hydrogen) atoms. The Kier molecular flexibility index (Phi) is 6.53. The van der Waals surface area contributed by atoms with Crippen LogP contribution in [0.5, 0.6) is 0 Å². The highest BCUT2D eigenvalue weighted by molar-refractivity contribution is 6.13. The quantitative estimate of drug-likeness (QED) is 0.178. The molecular weight excluding hydrogens is 785 g/mol. The molecule has 298 valence electrons. The maximum atomic E-state index is 5.23. The van der Waals surface area contributed by atoms with Gasteiger partial charge < -0.3 is 9.13 Å². The van der Waals surface area contributed by atoms with E-state index in [1.807, 2.05) is 0 Å². The Morgan fingerprint density at radius 2 is 0.641 bits per heavy atom. The number of nitrogens with zero attached hydrogens (tertiary/aromatic N) is 8. The fraction of sp³-hybridized carbons (Fsp3) is 0. The van der Waals surface area contributed by atoms with E-state index in [9.17, 15) is 0 Å². The SMILES string of the molecule is c1cc(-n2c3ccc(-n4c5ccccc5c5ccccc54)cc3c3ccc(-n4c5ccccc5n5c6ccccc6nc45)cc32)cc(-n2c3ccccc3n3c4ccccc4nc23)c1. The molecule has 6 aromatic heterocycles. The van der Waals surface area contributed by atoms with Crippen molar-refractivity contribution in [3.05, 3.63) is 206 Å². The monoisotopic (exact) mass is 818 g/mol. The van der Waals surface area contributed by atoms with Crippen molar-refractivity contribution in [3.63, 3.8) is 0 Å². The summed E-state index contributed by atoms with van der Waals surface area (Å²) in [5.74, 6) is 1.77. The lowest BCUT2D eigenvalue weighted by Gasteiger charge is -2.13. The second-order valence-electron chi connectivity index (χ2n) is 16.7. The highest BCUT2D eigenvalue weighted by Gasteiger charge is 2.22. The molecule has 0 saturated carbocycles. The van der Waals surface area contributed by atoms with Crippen LogP contribution >= 0.6 is 0 Å². The van der Waals surface area contributed by atoms with Crippen LogP contribution in [0.15, 0.2) is 206 Å². The van der Waals surface area contributed by atoms with Gasteiger partial charge in [0.15, 0.2) is 0 Å². The smallest absolute Gasteiger partial charge is 0.220 e. The molecule has 8 heteroatoms. The first-order valence-corrected chi connectivity index (χ1v) is 21.7. The number of benzene rings is 9. The number of fused-ring (bicyclic) bond motifs is 16. The van der Waals surface area contributed by atoms with Gasteiger partial charge in [0.2, 0.25) is 11.6 Å². The molecule has 0 saturated heterocycles. The second kappa shape index (κ2) is 12.4. The molecule has 8 nitrogen and oxygen atoms in total. The van der Waals surface area contributed by atoms with Crippen LogP contribution in [-0.2, 0) is 0 Å². The van der Waals surface area contributed by atoms with E-state index >= 15 is 0 Å². The van der Waals surface area contributed by atoms with Gasteiger partial charge in [-0.1, -0.05) is 97.1 Å². The fourth-order valence-electron chi connectivity index (χ4n) is 10.7. The summed E-state index contributed by atoms with van der Waals surface area (Å²) in [6.07, 6.45) is 0. The van der Waals surface area contributed by atoms with Gasteiger partial charge in [0.05, 0.1) is 77.6 Å². The van der Waals surface area contributed by atoms with E-state index in [1.54, 1.807) is 0 Å². The molecule has 0 fully saturated rings. The molecule has 15 aromatic rings. The summed E-state index contributed by atoms with van der Waals surface area (Å²) >= 11 is 0. The van der Waals surface area contributed by atoms with Gasteiger partial charge in [-0.2, -0.15) is 0 Å². The van der Waals surface area contributed by atoms with Crippen molar-refractivity contribution in [2.75, 3.05) is 0 Å². The molecule has 15 rings (SSSR count). The Morgan fingerprint density at radius 1 is 0.234 bits per heavy atom. The zero-order chi connectivity index (χ0) is 41.6. The Balaban J connectivity index is 1.02. The van der Waals surface area contributed by atoms with E-state index in [-0.39, 0.29) is 0 Å². The van der Waals surface area contributed by atoms with E-state index in [2.05, 4.69) is 233 Å². The van der Waals surface area contributed by atoms with Gasteiger partial charge in [-0.25, -0.2) is 9.97 Å². The second-order valence-corrected chi connectivity index (χ2v) is 16.7. The van der Waals surface area contributed by atoms with Gasteiger partial charge in [-0.3, -0.25) is 17.9 Å². The molecule has 0 radical (unpaired) electrons. The molecule has 0 bridgehead atoms. The summed E-state index contributed by atoms with van der Waals surface area (Å²) in [6.45, 7) is 0. The van der Waals surface area contributed by atoms with Crippen LogP contribution in [0, 0.1) is 0 Å². The molecule has 0 unspecified atom stereocenters. The van der Waals surface area contributed by atoms with Gasteiger partial charge in [-0.05, 0) is 109 Å². The zero-order valence-corrected chi connectivity index (χ0v) is 34.2. The van der Waals surface area contributed by atoms with Crippen LogP contribution < -0.4 is 0 Å². The number of imidazole rings is 4. The highest BCUT2D eigenvalue weighted by atomic mass is 15.2. The molecule has 0 amide bonds. The summed E-state index contributed by atoms with van der Waals surface area (Å²) in [6, 6.07) is 74.2. The van der Waals surface area contributed by atoms with Crippen LogP contribution in [0.4, 0.5) is 0 Å². The Morgan fingerprint density at radius 3 is 1.23 bits per heavy atom. The molecule has 0 aliphatic rings. The van der Waals surface area contributed by atoms with Crippen molar-refractivity contribution in [3.8, 4) is 22.7 Å². The van der Waals surface area contributed by atoms with Crippen molar-refractivity contribution >= 4 is 99.3 Å². The van der Waals surface area contributed by atoms with Crippen LogP contribution in [-0.4, -0.2) is 37.0 Å². The first kappa shape index (κ1) is 33.8. The average molecular weight is 819 g/mol. The lowest BCUT2D eigenvalue weighted by molar-refractivity contribution is 1.09. The Hall–Kier alpha value is -8.88. The van der Waals surface area contributed by atoms with Crippen molar-refractivity contribution in [2.45, 2.75) is 0 Å². The normalized spacial score (nSPS) is 12.4. The van der Waals surface area contributed by atoms with Crippen molar-refractivity contribution in [2.24, 2.45) is 0 Å². The number of hydrogen-bond donors (Lipinski definition) is 0.